The SMILES string of the molecule is CCNC(=O)c1ccc(CN=C(NCC)NCC(=O)N(C)C)cc1.I. The lowest BCUT2D eigenvalue weighted by Crippen LogP contribution is -2.42. The average Bonchev–Trinajstić information content (AvgIpc) is 2.57. The fourth-order valence-electron chi connectivity index (χ4n) is 1.85. The predicted molar refractivity (Wildman–Crippen MR) is 111 cm³/mol. The van der Waals surface area contributed by atoms with E-state index in [1.54, 1.807) is 26.2 Å². The quantitative estimate of drug-likeness (QED) is 0.324. The Bertz CT molecular complexity index is 573. The summed E-state index contributed by atoms with van der Waals surface area (Å²) in [6.45, 7) is 5.81. The van der Waals surface area contributed by atoms with Crippen LogP contribution in [0.4, 0.5) is 0 Å². The maximum Gasteiger partial charge on any atom is 0.251 e. The van der Waals surface area contributed by atoms with Gasteiger partial charge in [0.05, 0.1) is 13.1 Å². The van der Waals surface area contributed by atoms with E-state index in [1.807, 2.05) is 26.0 Å². The summed E-state index contributed by atoms with van der Waals surface area (Å²) < 4.78 is 0. The fraction of sp³-hybridized carbons (Fsp3) is 0.471. The van der Waals surface area contributed by atoms with Gasteiger partial charge in [0.1, 0.15) is 0 Å². The zero-order valence-electron chi connectivity index (χ0n) is 15.3. The molecular formula is C17H28IN5O2. The molecule has 0 radical (unpaired) electrons. The van der Waals surface area contributed by atoms with Crippen molar-refractivity contribution in [3.63, 3.8) is 0 Å². The molecule has 0 bridgehead atoms. The highest BCUT2D eigenvalue weighted by atomic mass is 127. The molecule has 0 spiro atoms. The first-order valence-corrected chi connectivity index (χ1v) is 8.07. The molecular weight excluding hydrogens is 433 g/mol. The minimum atomic E-state index is -0.0789. The number of benzene rings is 1. The molecule has 140 valence electrons. The highest BCUT2D eigenvalue weighted by Crippen LogP contribution is 2.05. The Kier molecular flexibility index (Phi) is 11.6. The topological polar surface area (TPSA) is 85.8 Å². The summed E-state index contributed by atoms with van der Waals surface area (Å²) in [4.78, 5) is 29.3. The molecule has 0 unspecified atom stereocenters. The minimum Gasteiger partial charge on any atom is -0.357 e. The molecule has 0 fully saturated rings. The second-order valence-electron chi connectivity index (χ2n) is 5.39. The van der Waals surface area contributed by atoms with Crippen LogP contribution in [0.25, 0.3) is 0 Å². The third-order valence-corrected chi connectivity index (χ3v) is 3.22. The van der Waals surface area contributed by atoms with Crippen LogP contribution in [0, 0.1) is 0 Å². The van der Waals surface area contributed by atoms with E-state index in [0.717, 1.165) is 5.56 Å². The number of aliphatic imine (C=N–C) groups is 1. The summed E-state index contributed by atoms with van der Waals surface area (Å²) in [5.74, 6) is 0.483. The maximum absolute atomic E-state index is 11.7. The molecule has 1 aromatic carbocycles. The average molecular weight is 461 g/mol. The number of halogens is 1. The van der Waals surface area contributed by atoms with Gasteiger partial charge in [0.2, 0.25) is 5.91 Å². The summed E-state index contributed by atoms with van der Waals surface area (Å²) in [6.07, 6.45) is 0. The van der Waals surface area contributed by atoms with Gasteiger partial charge in [-0.3, -0.25) is 9.59 Å². The van der Waals surface area contributed by atoms with Crippen LogP contribution in [0.2, 0.25) is 0 Å². The van der Waals surface area contributed by atoms with E-state index in [4.69, 9.17) is 0 Å². The van der Waals surface area contributed by atoms with Gasteiger partial charge in [-0.1, -0.05) is 12.1 Å². The maximum atomic E-state index is 11.7. The van der Waals surface area contributed by atoms with Crippen molar-refractivity contribution >= 4 is 41.8 Å². The summed E-state index contributed by atoms with van der Waals surface area (Å²) in [6, 6.07) is 7.32. The Morgan fingerprint density at radius 1 is 1.00 bits per heavy atom. The van der Waals surface area contributed by atoms with Crippen LogP contribution in [0.5, 0.6) is 0 Å². The summed E-state index contributed by atoms with van der Waals surface area (Å²) in [5, 5.41) is 8.86. The monoisotopic (exact) mass is 461 g/mol. The number of nitrogens with one attached hydrogen (secondary N) is 3. The van der Waals surface area contributed by atoms with E-state index in [9.17, 15) is 9.59 Å². The van der Waals surface area contributed by atoms with Crippen molar-refractivity contribution in [2.45, 2.75) is 20.4 Å². The molecule has 7 nitrogen and oxygen atoms in total. The summed E-state index contributed by atoms with van der Waals surface area (Å²) in [5.41, 5.74) is 1.62. The van der Waals surface area contributed by atoms with Gasteiger partial charge in [-0.15, -0.1) is 24.0 Å². The van der Waals surface area contributed by atoms with Crippen LogP contribution in [-0.4, -0.2) is 56.4 Å². The Balaban J connectivity index is 0.00000576. The van der Waals surface area contributed by atoms with E-state index in [2.05, 4.69) is 20.9 Å². The van der Waals surface area contributed by atoms with Crippen LogP contribution >= 0.6 is 24.0 Å². The largest absolute Gasteiger partial charge is 0.357 e. The van der Waals surface area contributed by atoms with Crippen LogP contribution in [0.15, 0.2) is 29.3 Å². The van der Waals surface area contributed by atoms with Crippen molar-refractivity contribution in [1.82, 2.24) is 20.9 Å². The molecule has 2 amide bonds. The molecule has 3 N–H and O–H groups in total. The lowest BCUT2D eigenvalue weighted by Gasteiger charge is -2.14. The third kappa shape index (κ3) is 8.71. The fourth-order valence-corrected chi connectivity index (χ4v) is 1.85. The van der Waals surface area contributed by atoms with Gasteiger partial charge in [-0.05, 0) is 31.5 Å². The molecule has 1 aromatic rings. The Morgan fingerprint density at radius 3 is 2.12 bits per heavy atom. The van der Waals surface area contributed by atoms with Gasteiger partial charge >= 0.3 is 0 Å². The van der Waals surface area contributed by atoms with Gasteiger partial charge in [-0.2, -0.15) is 0 Å². The second-order valence-corrected chi connectivity index (χ2v) is 5.39. The van der Waals surface area contributed by atoms with Gasteiger partial charge in [-0.25, -0.2) is 4.99 Å². The molecule has 0 atom stereocenters. The molecule has 1 rings (SSSR count). The zero-order valence-corrected chi connectivity index (χ0v) is 17.6. The molecule has 8 heteroatoms. The molecule has 0 aromatic heterocycles. The van der Waals surface area contributed by atoms with E-state index < -0.39 is 0 Å². The Labute approximate surface area is 166 Å². The van der Waals surface area contributed by atoms with E-state index in [0.29, 0.717) is 31.2 Å². The lowest BCUT2D eigenvalue weighted by molar-refractivity contribution is -0.127. The van der Waals surface area contributed by atoms with Crippen molar-refractivity contribution in [3.05, 3.63) is 35.4 Å². The van der Waals surface area contributed by atoms with Crippen molar-refractivity contribution in [3.8, 4) is 0 Å². The van der Waals surface area contributed by atoms with Crippen LogP contribution in [-0.2, 0) is 11.3 Å². The van der Waals surface area contributed by atoms with E-state index in [1.165, 1.54) is 4.90 Å². The number of rotatable bonds is 7. The molecule has 0 saturated heterocycles. The highest BCUT2D eigenvalue weighted by molar-refractivity contribution is 14.0. The number of carbonyl (C=O) groups excluding carboxylic acids is 2. The number of guanidine groups is 1. The molecule has 0 aliphatic heterocycles. The first-order valence-electron chi connectivity index (χ1n) is 8.07. The molecule has 0 saturated carbocycles. The first kappa shape index (κ1) is 23.2. The number of carbonyl (C=O) groups is 2. The van der Waals surface area contributed by atoms with Crippen molar-refractivity contribution < 1.29 is 9.59 Å². The summed E-state index contributed by atoms with van der Waals surface area (Å²) in [7, 11) is 3.43. The van der Waals surface area contributed by atoms with Crippen molar-refractivity contribution in [1.29, 1.82) is 0 Å². The van der Waals surface area contributed by atoms with E-state index in [-0.39, 0.29) is 42.3 Å². The third-order valence-electron chi connectivity index (χ3n) is 3.22. The standard InChI is InChI=1S/C17H27N5O2.HI/c1-5-18-16(24)14-9-7-13(8-10-14)11-20-17(19-6-2)21-12-15(23)22(3)4;/h7-10H,5-6,11-12H2,1-4H3,(H,18,24)(H2,19,20,21);1H. The molecule has 0 heterocycles. The lowest BCUT2D eigenvalue weighted by atomic mass is 10.1. The van der Waals surface area contributed by atoms with Crippen LogP contribution in [0.3, 0.4) is 0 Å². The number of likely N-dealkylation sites (N-methyl/N-ethyl adjacent to an activating group) is 1. The molecule has 0 aliphatic rings. The second kappa shape index (κ2) is 12.5. The number of hydrogen-bond acceptors (Lipinski definition) is 3. The number of hydrogen-bond donors (Lipinski definition) is 3. The van der Waals surface area contributed by atoms with Crippen LogP contribution < -0.4 is 16.0 Å². The number of nitrogens with zero attached hydrogens (tertiary/aromatic N) is 2. The van der Waals surface area contributed by atoms with Gasteiger partial charge in [0, 0.05) is 32.7 Å². The van der Waals surface area contributed by atoms with Gasteiger partial charge in [0.25, 0.3) is 5.91 Å². The normalized spacial score (nSPS) is 10.5. The smallest absolute Gasteiger partial charge is 0.251 e. The Morgan fingerprint density at radius 2 is 1.60 bits per heavy atom. The molecule has 25 heavy (non-hydrogen) atoms. The first-order chi connectivity index (χ1) is 11.5. The van der Waals surface area contributed by atoms with Crippen molar-refractivity contribution in [2.24, 2.45) is 4.99 Å². The number of amides is 2. The van der Waals surface area contributed by atoms with Crippen LogP contribution in [0.1, 0.15) is 29.8 Å². The van der Waals surface area contributed by atoms with Gasteiger partial charge in [0.15, 0.2) is 5.96 Å². The Hall–Kier alpha value is -1.84. The predicted octanol–water partition coefficient (Wildman–Crippen LogP) is 1.20. The summed E-state index contributed by atoms with van der Waals surface area (Å²) >= 11 is 0. The van der Waals surface area contributed by atoms with Gasteiger partial charge < -0.3 is 20.9 Å². The van der Waals surface area contributed by atoms with Crippen molar-refractivity contribution in [2.75, 3.05) is 33.7 Å². The minimum absolute atomic E-state index is 0. The van der Waals surface area contributed by atoms with E-state index >= 15 is 0 Å². The zero-order chi connectivity index (χ0) is 17.9. The molecule has 0 aliphatic carbocycles. The highest BCUT2D eigenvalue weighted by Gasteiger charge is 2.06.